The van der Waals surface area contributed by atoms with Crippen molar-refractivity contribution in [3.05, 3.63) is 64.4 Å². The number of benzene rings is 1. The normalized spacial score (nSPS) is 18.4. The topological polar surface area (TPSA) is 139 Å². The number of methoxy groups -OCH3 is 1. The van der Waals surface area contributed by atoms with E-state index in [9.17, 15) is 14.7 Å². The Morgan fingerprint density at radius 1 is 1.24 bits per heavy atom. The molecular formula is C29H33ClN6O5. The summed E-state index contributed by atoms with van der Waals surface area (Å²) in [6, 6.07) is 10.0. The molecule has 0 aliphatic carbocycles. The fraction of sp³-hybridized carbons (Fsp3) is 0.414. The van der Waals surface area contributed by atoms with Crippen molar-refractivity contribution in [2.75, 3.05) is 45.3 Å². The predicted octanol–water partition coefficient (Wildman–Crippen LogP) is 3.20. The zero-order chi connectivity index (χ0) is 28.9. The van der Waals surface area contributed by atoms with E-state index in [0.717, 1.165) is 24.0 Å². The van der Waals surface area contributed by atoms with Crippen LogP contribution in [0.25, 0.3) is 11.3 Å². The molecule has 3 aromatic rings. The van der Waals surface area contributed by atoms with Gasteiger partial charge in [-0.1, -0.05) is 29.8 Å². The molecular weight excluding hydrogens is 548 g/mol. The average Bonchev–Trinajstić information content (AvgIpc) is 2.99. The molecule has 0 spiro atoms. The lowest BCUT2D eigenvalue weighted by molar-refractivity contribution is -0.123. The van der Waals surface area contributed by atoms with Gasteiger partial charge in [0, 0.05) is 42.5 Å². The van der Waals surface area contributed by atoms with Gasteiger partial charge in [-0.05, 0) is 37.5 Å². The van der Waals surface area contributed by atoms with Gasteiger partial charge < -0.3 is 25.2 Å². The van der Waals surface area contributed by atoms with Crippen LogP contribution in [0, 0.1) is 0 Å². The summed E-state index contributed by atoms with van der Waals surface area (Å²) in [5.74, 6) is 0.435. The Labute approximate surface area is 243 Å². The maximum atomic E-state index is 13.3. The van der Waals surface area contributed by atoms with Crippen LogP contribution in [-0.4, -0.2) is 82.7 Å². The number of carbonyl (C=O) groups is 2. The Balaban J connectivity index is 1.29. The number of carbonyl (C=O) groups excluding carboxylic acids is 2. The third kappa shape index (κ3) is 6.65. The van der Waals surface area contributed by atoms with Crippen LogP contribution in [0.3, 0.4) is 0 Å². The summed E-state index contributed by atoms with van der Waals surface area (Å²) in [6.45, 7) is 3.07. The summed E-state index contributed by atoms with van der Waals surface area (Å²) in [4.78, 5) is 41.3. The number of amides is 1. The van der Waals surface area contributed by atoms with Gasteiger partial charge in [-0.3, -0.25) is 14.5 Å². The van der Waals surface area contributed by atoms with Crippen molar-refractivity contribution in [1.82, 2.24) is 25.2 Å². The molecule has 1 fully saturated rings. The number of rotatable bonds is 9. The number of ether oxygens (including phenoxy) is 2. The number of hydrogen-bond acceptors (Lipinski definition) is 10. The monoisotopic (exact) mass is 580 g/mol. The van der Waals surface area contributed by atoms with Crippen molar-refractivity contribution in [1.29, 1.82) is 0 Å². The highest BCUT2D eigenvalue weighted by atomic mass is 35.5. The molecule has 2 aliphatic heterocycles. The van der Waals surface area contributed by atoms with Crippen molar-refractivity contribution in [3.8, 4) is 17.1 Å². The third-order valence-electron chi connectivity index (χ3n) is 7.45. The van der Waals surface area contributed by atoms with Gasteiger partial charge in [-0.2, -0.15) is 0 Å². The Morgan fingerprint density at radius 2 is 2.05 bits per heavy atom. The second-order valence-electron chi connectivity index (χ2n) is 10.1. The highest BCUT2D eigenvalue weighted by Crippen LogP contribution is 2.34. The number of anilines is 1. The quantitative estimate of drug-likeness (QED) is 0.346. The summed E-state index contributed by atoms with van der Waals surface area (Å²) in [5.41, 5.74) is 3.14. The number of pyridine rings is 1. The Hall–Kier alpha value is -3.64. The molecule has 5 rings (SSSR count). The summed E-state index contributed by atoms with van der Waals surface area (Å²) in [6.07, 6.45) is 3.32. The van der Waals surface area contributed by atoms with E-state index in [-0.39, 0.29) is 43.5 Å². The number of aliphatic hydroxyl groups is 1. The summed E-state index contributed by atoms with van der Waals surface area (Å²) >= 11 is 6.48. The van der Waals surface area contributed by atoms with Crippen molar-refractivity contribution < 1.29 is 24.2 Å². The number of halogens is 1. The van der Waals surface area contributed by atoms with Gasteiger partial charge in [0.2, 0.25) is 17.7 Å². The number of nitrogens with one attached hydrogen (secondary N) is 2. The van der Waals surface area contributed by atoms with Crippen LogP contribution in [0.15, 0.2) is 42.6 Å². The van der Waals surface area contributed by atoms with E-state index >= 15 is 0 Å². The molecule has 41 heavy (non-hydrogen) atoms. The highest BCUT2D eigenvalue weighted by molar-refractivity contribution is 6.33. The van der Waals surface area contributed by atoms with Gasteiger partial charge in [-0.15, -0.1) is 0 Å². The van der Waals surface area contributed by atoms with Crippen LogP contribution in [0.2, 0.25) is 5.02 Å². The molecule has 0 radical (unpaired) electrons. The Kier molecular flexibility index (Phi) is 9.09. The first-order valence-corrected chi connectivity index (χ1v) is 13.9. The number of Topliss-reactive ketones (excluding diaryl/α,β-unsaturated/α-hetero) is 1. The smallest absolute Gasteiger partial charge is 0.234 e. The predicted molar refractivity (Wildman–Crippen MR) is 153 cm³/mol. The van der Waals surface area contributed by atoms with Crippen LogP contribution >= 0.6 is 11.6 Å². The van der Waals surface area contributed by atoms with E-state index in [1.807, 2.05) is 25.1 Å². The van der Waals surface area contributed by atoms with Crippen molar-refractivity contribution >= 4 is 29.2 Å². The van der Waals surface area contributed by atoms with E-state index in [0.29, 0.717) is 47.0 Å². The number of ketones is 1. The Morgan fingerprint density at radius 3 is 2.80 bits per heavy atom. The molecule has 2 aliphatic rings. The number of aliphatic hydroxyl groups excluding tert-OH is 1. The molecule has 1 saturated heterocycles. The minimum absolute atomic E-state index is 0.0203. The van der Waals surface area contributed by atoms with E-state index in [1.54, 1.807) is 29.3 Å². The molecule has 0 saturated carbocycles. The number of hydrogen-bond donors (Lipinski definition) is 3. The SMILES string of the molecule is COc1cccc([C@@H](CO)NC(=O)CN2CC(=O)c3cc(-c4nc(NC5CCOCC5)ncc4Cl)ccc3C2C)n1. The minimum Gasteiger partial charge on any atom is -0.481 e. The standard InChI is InChI=1S/C29H33ClN6O5/c1-17-20-7-6-18(28-22(30)13-31-29(35-28)32-19-8-10-41-11-9-19)12-21(20)25(38)14-36(17)15-26(39)33-24(16-37)23-4-3-5-27(34-23)40-2/h3-7,12-13,17,19,24,37H,8-11,14-16H2,1-2H3,(H,33,39)(H,31,32,35)/t17?,24-/m1/s1. The lowest BCUT2D eigenvalue weighted by Crippen LogP contribution is -2.45. The van der Waals surface area contributed by atoms with Gasteiger partial charge in [0.1, 0.15) is 0 Å². The van der Waals surface area contributed by atoms with E-state index in [1.165, 1.54) is 7.11 Å². The van der Waals surface area contributed by atoms with Crippen LogP contribution in [0.1, 0.15) is 53.5 Å². The fourth-order valence-corrected chi connectivity index (χ4v) is 5.35. The first kappa shape index (κ1) is 28.9. The fourth-order valence-electron chi connectivity index (χ4n) is 5.15. The lowest BCUT2D eigenvalue weighted by atomic mass is 9.90. The first-order valence-electron chi connectivity index (χ1n) is 13.6. The van der Waals surface area contributed by atoms with Gasteiger partial charge in [0.05, 0.1) is 55.5 Å². The molecule has 1 aromatic carbocycles. The van der Waals surface area contributed by atoms with Crippen LogP contribution in [0.5, 0.6) is 5.88 Å². The minimum atomic E-state index is -0.702. The van der Waals surface area contributed by atoms with E-state index < -0.39 is 6.04 Å². The molecule has 0 bridgehead atoms. The zero-order valence-electron chi connectivity index (χ0n) is 23.0. The summed E-state index contributed by atoms with van der Waals surface area (Å²) in [7, 11) is 1.50. The maximum absolute atomic E-state index is 13.3. The highest BCUT2D eigenvalue weighted by Gasteiger charge is 2.31. The van der Waals surface area contributed by atoms with Gasteiger partial charge >= 0.3 is 0 Å². The van der Waals surface area contributed by atoms with Crippen molar-refractivity contribution in [3.63, 3.8) is 0 Å². The molecule has 12 heteroatoms. The zero-order valence-corrected chi connectivity index (χ0v) is 23.7. The van der Waals surface area contributed by atoms with E-state index in [2.05, 4.69) is 25.6 Å². The Bertz CT molecular complexity index is 1420. The molecule has 216 valence electrons. The summed E-state index contributed by atoms with van der Waals surface area (Å²) < 4.78 is 10.6. The molecule has 4 heterocycles. The maximum Gasteiger partial charge on any atom is 0.234 e. The van der Waals surface area contributed by atoms with Gasteiger partial charge in [-0.25, -0.2) is 15.0 Å². The average molecular weight is 581 g/mol. The summed E-state index contributed by atoms with van der Waals surface area (Å²) in [5, 5.41) is 16.4. The number of fused-ring (bicyclic) bond motifs is 1. The molecule has 2 aromatic heterocycles. The lowest BCUT2D eigenvalue weighted by Gasteiger charge is -2.34. The molecule has 3 N–H and O–H groups in total. The molecule has 1 amide bonds. The van der Waals surface area contributed by atoms with Crippen molar-refractivity contribution in [2.45, 2.75) is 37.9 Å². The van der Waals surface area contributed by atoms with Crippen LogP contribution in [-0.2, 0) is 9.53 Å². The van der Waals surface area contributed by atoms with Gasteiger partial charge in [0.25, 0.3) is 0 Å². The van der Waals surface area contributed by atoms with Gasteiger partial charge in [0.15, 0.2) is 5.78 Å². The second-order valence-corrected chi connectivity index (χ2v) is 10.5. The largest absolute Gasteiger partial charge is 0.481 e. The molecule has 2 atom stereocenters. The molecule has 11 nitrogen and oxygen atoms in total. The number of nitrogens with zero attached hydrogens (tertiary/aromatic N) is 4. The first-order chi connectivity index (χ1) is 19.9. The number of aromatic nitrogens is 3. The van der Waals surface area contributed by atoms with E-state index in [4.69, 9.17) is 21.1 Å². The van der Waals surface area contributed by atoms with Crippen molar-refractivity contribution in [2.24, 2.45) is 0 Å². The third-order valence-corrected chi connectivity index (χ3v) is 7.72. The van der Waals surface area contributed by atoms with Crippen LogP contribution < -0.4 is 15.4 Å². The van der Waals surface area contributed by atoms with Crippen LogP contribution in [0.4, 0.5) is 5.95 Å². The molecule has 1 unspecified atom stereocenters. The second kappa shape index (κ2) is 12.9.